The summed E-state index contributed by atoms with van der Waals surface area (Å²) in [5, 5.41) is 13.5. The third-order valence-electron chi connectivity index (χ3n) is 3.73. The van der Waals surface area contributed by atoms with Crippen molar-refractivity contribution in [1.29, 1.82) is 0 Å². The van der Waals surface area contributed by atoms with Crippen molar-refractivity contribution in [2.45, 2.75) is 18.8 Å². The van der Waals surface area contributed by atoms with Gasteiger partial charge in [-0.3, -0.25) is 0 Å². The molecule has 0 radical (unpaired) electrons. The van der Waals surface area contributed by atoms with Crippen LogP contribution < -0.4 is 0 Å². The van der Waals surface area contributed by atoms with Gasteiger partial charge in [-0.1, -0.05) is 42.5 Å². The van der Waals surface area contributed by atoms with E-state index in [1.165, 1.54) is 21.4 Å². The molecule has 2 nitrogen and oxygen atoms in total. The molecule has 2 heteroatoms. The van der Waals surface area contributed by atoms with Gasteiger partial charge in [0.05, 0.1) is 0 Å². The predicted molar refractivity (Wildman–Crippen MR) is 69.3 cm³/mol. The first-order valence-corrected chi connectivity index (χ1v) is 6.26. The lowest BCUT2D eigenvalue weighted by molar-refractivity contribution is -0.106. The molecule has 3 rings (SSSR count). The van der Waals surface area contributed by atoms with Gasteiger partial charge < -0.3 is 5.21 Å². The molecular formula is C15H17NO. The zero-order chi connectivity index (χ0) is 11.7. The van der Waals surface area contributed by atoms with E-state index in [0.717, 1.165) is 25.9 Å². The molecular weight excluding hydrogens is 210 g/mol. The van der Waals surface area contributed by atoms with E-state index >= 15 is 0 Å². The molecule has 0 aliphatic carbocycles. The van der Waals surface area contributed by atoms with Crippen molar-refractivity contribution in [3.8, 4) is 0 Å². The van der Waals surface area contributed by atoms with Crippen LogP contribution in [0.25, 0.3) is 10.8 Å². The lowest BCUT2D eigenvalue weighted by atomic mass is 9.87. The van der Waals surface area contributed by atoms with Crippen LogP contribution in [0, 0.1) is 0 Å². The lowest BCUT2D eigenvalue weighted by Crippen LogP contribution is -2.29. The van der Waals surface area contributed by atoms with Crippen molar-refractivity contribution in [2.24, 2.45) is 0 Å². The van der Waals surface area contributed by atoms with Gasteiger partial charge >= 0.3 is 0 Å². The largest absolute Gasteiger partial charge is 0.314 e. The standard InChI is InChI=1S/C15H17NO/c17-16-10-8-13(9-11-16)15-7-3-5-12-4-1-2-6-14(12)15/h1-7,13,17H,8-11H2. The summed E-state index contributed by atoms with van der Waals surface area (Å²) >= 11 is 0. The van der Waals surface area contributed by atoms with E-state index in [-0.39, 0.29) is 0 Å². The second-order valence-electron chi connectivity index (χ2n) is 4.80. The van der Waals surface area contributed by atoms with Crippen LogP contribution in [0.1, 0.15) is 24.3 Å². The molecule has 1 heterocycles. The van der Waals surface area contributed by atoms with E-state index in [1.54, 1.807) is 0 Å². The Hall–Kier alpha value is -1.38. The lowest BCUT2D eigenvalue weighted by Gasteiger charge is -2.28. The molecule has 17 heavy (non-hydrogen) atoms. The number of hydroxylamine groups is 2. The molecule has 0 unspecified atom stereocenters. The highest BCUT2D eigenvalue weighted by Crippen LogP contribution is 2.32. The summed E-state index contributed by atoms with van der Waals surface area (Å²) < 4.78 is 0. The fourth-order valence-corrected chi connectivity index (χ4v) is 2.78. The topological polar surface area (TPSA) is 23.5 Å². The van der Waals surface area contributed by atoms with Crippen LogP contribution in [0.5, 0.6) is 0 Å². The zero-order valence-electron chi connectivity index (χ0n) is 9.84. The van der Waals surface area contributed by atoms with Crippen LogP contribution in [0.4, 0.5) is 0 Å². The Morgan fingerprint density at radius 1 is 0.941 bits per heavy atom. The normalized spacial score (nSPS) is 18.6. The monoisotopic (exact) mass is 227 g/mol. The Balaban J connectivity index is 2.00. The van der Waals surface area contributed by atoms with Crippen molar-refractivity contribution in [3.05, 3.63) is 48.0 Å². The van der Waals surface area contributed by atoms with Crippen molar-refractivity contribution < 1.29 is 5.21 Å². The molecule has 1 N–H and O–H groups in total. The Labute approximate surface area is 101 Å². The average Bonchev–Trinajstić information content (AvgIpc) is 2.39. The smallest absolute Gasteiger partial charge is 0.0244 e. The molecule has 88 valence electrons. The predicted octanol–water partition coefficient (Wildman–Crippen LogP) is 3.41. The summed E-state index contributed by atoms with van der Waals surface area (Å²) in [6.07, 6.45) is 2.09. The van der Waals surface area contributed by atoms with E-state index in [9.17, 15) is 5.21 Å². The van der Waals surface area contributed by atoms with Crippen LogP contribution in [-0.2, 0) is 0 Å². The third-order valence-corrected chi connectivity index (χ3v) is 3.73. The van der Waals surface area contributed by atoms with E-state index in [0.29, 0.717) is 5.92 Å². The minimum Gasteiger partial charge on any atom is -0.314 e. The minimum atomic E-state index is 0.588. The number of hydrogen-bond donors (Lipinski definition) is 1. The van der Waals surface area contributed by atoms with Crippen LogP contribution in [0.2, 0.25) is 0 Å². The highest BCUT2D eigenvalue weighted by Gasteiger charge is 2.20. The highest BCUT2D eigenvalue weighted by atomic mass is 16.5. The van der Waals surface area contributed by atoms with Crippen LogP contribution in [0.15, 0.2) is 42.5 Å². The van der Waals surface area contributed by atoms with Crippen molar-refractivity contribution >= 4 is 10.8 Å². The Kier molecular flexibility index (Phi) is 2.83. The van der Waals surface area contributed by atoms with Crippen molar-refractivity contribution in [1.82, 2.24) is 5.06 Å². The first-order chi connectivity index (χ1) is 8.34. The highest BCUT2D eigenvalue weighted by molar-refractivity contribution is 5.86. The number of benzene rings is 2. The number of fused-ring (bicyclic) bond motifs is 1. The quantitative estimate of drug-likeness (QED) is 0.807. The molecule has 0 saturated carbocycles. The SMILES string of the molecule is ON1CCC(c2cccc3ccccc23)CC1. The molecule has 2 aromatic rings. The van der Waals surface area contributed by atoms with E-state index in [1.807, 2.05) is 0 Å². The number of rotatable bonds is 1. The van der Waals surface area contributed by atoms with Gasteiger partial charge in [-0.15, -0.1) is 0 Å². The van der Waals surface area contributed by atoms with Crippen molar-refractivity contribution in [2.75, 3.05) is 13.1 Å². The van der Waals surface area contributed by atoms with Gasteiger partial charge in [0.2, 0.25) is 0 Å². The second kappa shape index (κ2) is 4.47. The maximum absolute atomic E-state index is 9.42. The fourth-order valence-electron chi connectivity index (χ4n) is 2.78. The van der Waals surface area contributed by atoms with Crippen LogP contribution >= 0.6 is 0 Å². The summed E-state index contributed by atoms with van der Waals surface area (Å²) in [4.78, 5) is 0. The first kappa shape index (κ1) is 10.8. The molecule has 1 fully saturated rings. The van der Waals surface area contributed by atoms with Gasteiger partial charge in [-0.05, 0) is 35.1 Å². The number of hydrogen-bond acceptors (Lipinski definition) is 2. The molecule has 1 aliphatic heterocycles. The van der Waals surface area contributed by atoms with Crippen LogP contribution in [0.3, 0.4) is 0 Å². The maximum Gasteiger partial charge on any atom is 0.0244 e. The average molecular weight is 227 g/mol. The molecule has 0 bridgehead atoms. The molecule has 0 aromatic heterocycles. The van der Waals surface area contributed by atoms with Gasteiger partial charge in [0.15, 0.2) is 0 Å². The van der Waals surface area contributed by atoms with Crippen LogP contribution in [-0.4, -0.2) is 23.4 Å². The minimum absolute atomic E-state index is 0.588. The van der Waals surface area contributed by atoms with Gasteiger partial charge in [0, 0.05) is 13.1 Å². The third kappa shape index (κ3) is 2.06. The summed E-state index contributed by atoms with van der Waals surface area (Å²) in [6.45, 7) is 1.57. The Morgan fingerprint density at radius 3 is 2.47 bits per heavy atom. The molecule has 0 atom stereocenters. The molecule has 0 amide bonds. The molecule has 1 saturated heterocycles. The first-order valence-electron chi connectivity index (χ1n) is 6.26. The van der Waals surface area contributed by atoms with Crippen molar-refractivity contribution in [3.63, 3.8) is 0 Å². The summed E-state index contributed by atoms with van der Waals surface area (Å²) in [5.74, 6) is 0.588. The van der Waals surface area contributed by atoms with Gasteiger partial charge in [0.1, 0.15) is 0 Å². The molecule has 1 aliphatic rings. The molecule has 0 spiro atoms. The fraction of sp³-hybridized carbons (Fsp3) is 0.333. The summed E-state index contributed by atoms with van der Waals surface area (Å²) in [6, 6.07) is 15.1. The van der Waals surface area contributed by atoms with E-state index in [2.05, 4.69) is 42.5 Å². The maximum atomic E-state index is 9.42. The summed E-state index contributed by atoms with van der Waals surface area (Å²) in [5.41, 5.74) is 1.44. The Bertz CT molecular complexity index is 510. The number of piperidine rings is 1. The molecule has 2 aromatic carbocycles. The van der Waals surface area contributed by atoms with Gasteiger partial charge in [0.25, 0.3) is 0 Å². The van der Waals surface area contributed by atoms with Gasteiger partial charge in [-0.2, -0.15) is 5.06 Å². The van der Waals surface area contributed by atoms with E-state index < -0.39 is 0 Å². The van der Waals surface area contributed by atoms with E-state index in [4.69, 9.17) is 0 Å². The van der Waals surface area contributed by atoms with Gasteiger partial charge in [-0.25, -0.2) is 0 Å². The number of nitrogens with zero attached hydrogens (tertiary/aromatic N) is 1. The second-order valence-corrected chi connectivity index (χ2v) is 4.80. The zero-order valence-corrected chi connectivity index (χ0v) is 9.84. The Morgan fingerprint density at radius 2 is 1.65 bits per heavy atom. The summed E-state index contributed by atoms with van der Waals surface area (Å²) in [7, 11) is 0.